The quantitative estimate of drug-likeness (QED) is 0.571. The largest absolute Gasteiger partial charge is 0.463 e. The van der Waals surface area contributed by atoms with Gasteiger partial charge in [0, 0.05) is 14.1 Å². The molecule has 0 saturated carbocycles. The summed E-state index contributed by atoms with van der Waals surface area (Å²) < 4.78 is 47.1. The summed E-state index contributed by atoms with van der Waals surface area (Å²) in [6, 6.07) is 13.0. The van der Waals surface area contributed by atoms with Crippen LogP contribution in [0.15, 0.2) is 69.8 Å². The predicted molar refractivity (Wildman–Crippen MR) is 124 cm³/mol. The van der Waals surface area contributed by atoms with Gasteiger partial charge >= 0.3 is 17.8 Å². The molecule has 1 aromatic heterocycles. The maximum Gasteiger partial charge on any atom is 0.416 e. The first-order valence-corrected chi connectivity index (χ1v) is 10.8. The molecule has 1 atom stereocenters. The van der Waals surface area contributed by atoms with E-state index in [0.717, 1.165) is 16.7 Å². The Labute approximate surface area is 198 Å². The summed E-state index contributed by atoms with van der Waals surface area (Å²) in [5, 5.41) is 3.06. The number of nitrogens with one attached hydrogen (secondary N) is 1. The van der Waals surface area contributed by atoms with E-state index in [1.807, 2.05) is 0 Å². The molecule has 0 fully saturated rings. The van der Waals surface area contributed by atoms with Crippen molar-refractivity contribution in [3.05, 3.63) is 103 Å². The van der Waals surface area contributed by atoms with E-state index in [4.69, 9.17) is 4.74 Å². The Kier molecular flexibility index (Phi) is 6.14. The van der Waals surface area contributed by atoms with E-state index < -0.39 is 34.9 Å². The van der Waals surface area contributed by atoms with Gasteiger partial charge in [-0.3, -0.25) is 13.9 Å². The summed E-state index contributed by atoms with van der Waals surface area (Å²) >= 11 is 0. The van der Waals surface area contributed by atoms with Crippen molar-refractivity contribution in [2.24, 2.45) is 14.1 Å². The number of alkyl halides is 3. The van der Waals surface area contributed by atoms with Crippen LogP contribution in [0.3, 0.4) is 0 Å². The molecule has 0 saturated heterocycles. The van der Waals surface area contributed by atoms with E-state index in [1.54, 1.807) is 37.3 Å². The smallest absolute Gasteiger partial charge is 0.416 e. The van der Waals surface area contributed by atoms with Crippen molar-refractivity contribution in [2.75, 3.05) is 11.9 Å². The molecule has 10 heteroatoms. The van der Waals surface area contributed by atoms with E-state index >= 15 is 0 Å². The van der Waals surface area contributed by atoms with Crippen molar-refractivity contribution < 1.29 is 22.7 Å². The summed E-state index contributed by atoms with van der Waals surface area (Å²) in [6.45, 7) is 1.67. The van der Waals surface area contributed by atoms with E-state index in [-0.39, 0.29) is 29.1 Å². The first kappa shape index (κ1) is 24.1. The van der Waals surface area contributed by atoms with E-state index in [1.165, 1.54) is 30.8 Å². The van der Waals surface area contributed by atoms with Crippen molar-refractivity contribution in [1.82, 2.24) is 9.13 Å². The first-order valence-electron chi connectivity index (χ1n) is 10.8. The molecule has 0 amide bonds. The van der Waals surface area contributed by atoms with Crippen LogP contribution < -0.4 is 16.6 Å². The molecule has 2 aromatic carbocycles. The molecular weight excluding hydrogens is 463 g/mol. The van der Waals surface area contributed by atoms with Crippen LogP contribution in [0.2, 0.25) is 0 Å². The third kappa shape index (κ3) is 4.16. The van der Waals surface area contributed by atoms with E-state index in [0.29, 0.717) is 11.3 Å². The predicted octanol–water partition coefficient (Wildman–Crippen LogP) is 3.63. The fourth-order valence-corrected chi connectivity index (χ4v) is 4.22. The summed E-state index contributed by atoms with van der Waals surface area (Å²) in [5.41, 5.74) is -0.885. The average molecular weight is 485 g/mol. The monoisotopic (exact) mass is 485 g/mol. The Hall–Kier alpha value is -4.08. The number of carbonyl (C=O) groups is 1. The van der Waals surface area contributed by atoms with Gasteiger partial charge in [0.1, 0.15) is 5.82 Å². The first-order chi connectivity index (χ1) is 16.6. The van der Waals surface area contributed by atoms with Gasteiger partial charge in [-0.2, -0.15) is 13.2 Å². The zero-order valence-electron chi connectivity index (χ0n) is 19.1. The highest BCUT2D eigenvalue weighted by atomic mass is 19.4. The number of anilines is 1. The van der Waals surface area contributed by atoms with Crippen LogP contribution in [0.5, 0.6) is 0 Å². The number of hydrogen-bond acceptors (Lipinski definition) is 5. The lowest BCUT2D eigenvalue weighted by molar-refractivity contribution is -0.139. The second-order valence-corrected chi connectivity index (χ2v) is 8.02. The lowest BCUT2D eigenvalue weighted by Gasteiger charge is -2.32. The van der Waals surface area contributed by atoms with Gasteiger partial charge in [-0.25, -0.2) is 9.59 Å². The second kappa shape index (κ2) is 8.94. The van der Waals surface area contributed by atoms with Crippen LogP contribution in [0.25, 0.3) is 5.70 Å². The van der Waals surface area contributed by atoms with Crippen molar-refractivity contribution in [1.29, 1.82) is 0 Å². The number of fused-ring (bicyclic) bond motifs is 1. The average Bonchev–Trinajstić information content (AvgIpc) is 2.85. The van der Waals surface area contributed by atoms with Crippen molar-refractivity contribution in [3.8, 4) is 0 Å². The molecule has 7 nitrogen and oxygen atoms in total. The van der Waals surface area contributed by atoms with Gasteiger partial charge in [0.25, 0.3) is 5.56 Å². The molecule has 0 bridgehead atoms. The molecule has 0 unspecified atom stereocenters. The molecule has 35 heavy (non-hydrogen) atoms. The Morgan fingerprint density at radius 3 is 2.20 bits per heavy atom. The molecule has 0 aliphatic carbocycles. The van der Waals surface area contributed by atoms with Crippen LogP contribution >= 0.6 is 0 Å². The Morgan fingerprint density at radius 2 is 1.63 bits per heavy atom. The molecule has 0 radical (unpaired) electrons. The van der Waals surface area contributed by atoms with Gasteiger partial charge in [0.2, 0.25) is 0 Å². The molecule has 3 aromatic rings. The minimum Gasteiger partial charge on any atom is -0.463 e. The highest BCUT2D eigenvalue weighted by Gasteiger charge is 2.39. The van der Waals surface area contributed by atoms with Gasteiger partial charge in [-0.15, -0.1) is 0 Å². The molecule has 1 aliphatic rings. The zero-order chi connectivity index (χ0) is 25.5. The standard InChI is InChI=1S/C25H22F3N3O4/c1-4-35-23(33)18-17(14-10-12-16(13-11-14)25(26,27)28)19-21(30(2)24(34)31(3)22(19)32)29-20(18)15-8-6-5-7-9-15/h5-13,17,29H,4H2,1-3H3/t17-/m0/s1. The van der Waals surface area contributed by atoms with Crippen LogP contribution in [0.4, 0.5) is 19.0 Å². The third-order valence-electron chi connectivity index (χ3n) is 5.92. The van der Waals surface area contributed by atoms with Gasteiger partial charge in [0.05, 0.1) is 34.9 Å². The lowest BCUT2D eigenvalue weighted by Crippen LogP contribution is -2.43. The Balaban J connectivity index is 2.09. The van der Waals surface area contributed by atoms with Crippen LogP contribution in [0, 0.1) is 0 Å². The topological polar surface area (TPSA) is 82.3 Å². The molecule has 182 valence electrons. The van der Waals surface area contributed by atoms with Crippen LogP contribution in [0.1, 0.15) is 35.1 Å². The third-order valence-corrected chi connectivity index (χ3v) is 5.92. The Bertz CT molecular complexity index is 1440. The zero-order valence-corrected chi connectivity index (χ0v) is 19.1. The fourth-order valence-electron chi connectivity index (χ4n) is 4.22. The minimum absolute atomic E-state index is 0.0439. The molecule has 1 N–H and O–H groups in total. The molecule has 2 heterocycles. The second-order valence-electron chi connectivity index (χ2n) is 8.02. The summed E-state index contributed by atoms with van der Waals surface area (Å²) in [4.78, 5) is 39.3. The molecule has 4 rings (SSSR count). The highest BCUT2D eigenvalue weighted by Crippen LogP contribution is 2.43. The van der Waals surface area contributed by atoms with Crippen LogP contribution in [-0.4, -0.2) is 21.7 Å². The number of aromatic nitrogens is 2. The maximum absolute atomic E-state index is 13.3. The minimum atomic E-state index is -4.56. The number of esters is 1. The van der Waals surface area contributed by atoms with E-state index in [2.05, 4.69) is 5.32 Å². The highest BCUT2D eigenvalue weighted by molar-refractivity contribution is 6.04. The molecule has 1 aliphatic heterocycles. The SMILES string of the molecule is CCOC(=O)C1=C(c2ccccc2)Nc2c(c(=O)n(C)c(=O)n2C)[C@H]1c1ccc(C(F)(F)F)cc1. The summed E-state index contributed by atoms with van der Waals surface area (Å²) in [6.07, 6.45) is -4.56. The lowest BCUT2D eigenvalue weighted by atomic mass is 9.80. The van der Waals surface area contributed by atoms with Gasteiger partial charge in [-0.05, 0) is 30.2 Å². The number of hydrogen-bond donors (Lipinski definition) is 1. The maximum atomic E-state index is 13.3. The van der Waals surface area contributed by atoms with Crippen LogP contribution in [-0.2, 0) is 29.8 Å². The number of carbonyl (C=O) groups excluding carboxylic acids is 1. The van der Waals surface area contributed by atoms with Gasteiger partial charge in [-0.1, -0.05) is 42.5 Å². The fraction of sp³-hybridized carbons (Fsp3) is 0.240. The van der Waals surface area contributed by atoms with Crippen molar-refractivity contribution in [3.63, 3.8) is 0 Å². The molecular formula is C25H22F3N3O4. The van der Waals surface area contributed by atoms with Gasteiger partial charge < -0.3 is 10.1 Å². The number of halogens is 3. The van der Waals surface area contributed by atoms with Crippen molar-refractivity contribution >= 4 is 17.5 Å². The number of benzene rings is 2. The normalized spacial score (nSPS) is 15.4. The Morgan fingerprint density at radius 1 is 1.00 bits per heavy atom. The van der Waals surface area contributed by atoms with Gasteiger partial charge in [0.15, 0.2) is 0 Å². The number of ether oxygens (including phenoxy) is 1. The van der Waals surface area contributed by atoms with E-state index in [9.17, 15) is 27.6 Å². The molecule has 0 spiro atoms. The summed E-state index contributed by atoms with van der Waals surface area (Å²) in [7, 11) is 2.77. The number of rotatable bonds is 4. The van der Waals surface area contributed by atoms with Crippen molar-refractivity contribution in [2.45, 2.75) is 19.0 Å². The number of nitrogens with zero attached hydrogens (tertiary/aromatic N) is 2. The summed E-state index contributed by atoms with van der Waals surface area (Å²) in [5.74, 6) is -1.67.